The number of aromatic amines is 1. The number of nitrogens with zero attached hydrogens (tertiary/aromatic N) is 3. The fourth-order valence-corrected chi connectivity index (χ4v) is 3.85. The molecule has 9 heteroatoms. The maximum Gasteiger partial charge on any atom is 0.259 e. The van der Waals surface area contributed by atoms with E-state index in [9.17, 15) is 9.59 Å². The summed E-state index contributed by atoms with van der Waals surface area (Å²) in [6.07, 6.45) is 3.62. The lowest BCUT2D eigenvalue weighted by Gasteiger charge is -2.21. The van der Waals surface area contributed by atoms with E-state index in [0.29, 0.717) is 29.1 Å². The summed E-state index contributed by atoms with van der Waals surface area (Å²) in [4.78, 5) is 38.4. The maximum absolute atomic E-state index is 13.4. The van der Waals surface area contributed by atoms with Crippen molar-refractivity contribution in [1.82, 2.24) is 25.5 Å². The molecule has 0 bridgehead atoms. The van der Waals surface area contributed by atoms with E-state index in [1.54, 1.807) is 29.3 Å². The number of H-pyrrole nitrogens is 1. The van der Waals surface area contributed by atoms with Crippen LogP contribution in [-0.4, -0.2) is 33.0 Å². The van der Waals surface area contributed by atoms with Gasteiger partial charge in [0.05, 0.1) is 18.4 Å². The van der Waals surface area contributed by atoms with E-state index in [4.69, 9.17) is 9.36 Å². The molecular formula is C25H21N5O4. The molecule has 1 aliphatic heterocycles. The number of aromatic nitrogens is 3. The van der Waals surface area contributed by atoms with Gasteiger partial charge in [0.1, 0.15) is 6.04 Å². The molecule has 5 rings (SSSR count). The van der Waals surface area contributed by atoms with Gasteiger partial charge >= 0.3 is 0 Å². The molecule has 0 aliphatic carbocycles. The van der Waals surface area contributed by atoms with Gasteiger partial charge in [-0.1, -0.05) is 47.6 Å². The van der Waals surface area contributed by atoms with Gasteiger partial charge in [-0.05, 0) is 29.3 Å². The number of hydrogen-bond donors (Lipinski definition) is 2. The Morgan fingerprint density at radius 1 is 1.06 bits per heavy atom. The molecule has 2 aromatic heterocycles. The normalized spacial score (nSPS) is 15.3. The van der Waals surface area contributed by atoms with E-state index in [1.807, 2.05) is 42.5 Å². The molecule has 34 heavy (non-hydrogen) atoms. The molecule has 170 valence electrons. The summed E-state index contributed by atoms with van der Waals surface area (Å²) in [5.74, 6) is 0.395. The molecule has 1 amide bonds. The first-order chi connectivity index (χ1) is 16.6. The minimum Gasteiger partial charge on any atom is -0.334 e. The minimum absolute atomic E-state index is 0.201. The van der Waals surface area contributed by atoms with Crippen LogP contribution in [0.15, 0.2) is 94.1 Å². The van der Waals surface area contributed by atoms with Crippen LogP contribution in [0.25, 0.3) is 22.6 Å². The van der Waals surface area contributed by atoms with Crippen molar-refractivity contribution in [2.45, 2.75) is 12.5 Å². The van der Waals surface area contributed by atoms with Crippen LogP contribution in [0, 0.1) is 0 Å². The third-order valence-corrected chi connectivity index (χ3v) is 5.52. The van der Waals surface area contributed by atoms with Crippen LogP contribution in [0.3, 0.4) is 0 Å². The zero-order valence-electron chi connectivity index (χ0n) is 18.3. The van der Waals surface area contributed by atoms with Crippen molar-refractivity contribution in [2.75, 3.05) is 7.11 Å². The number of hydroxylamine groups is 1. The molecule has 1 aliphatic rings. The Morgan fingerprint density at radius 3 is 2.50 bits per heavy atom. The van der Waals surface area contributed by atoms with Crippen LogP contribution in [-0.2, 0) is 4.84 Å². The van der Waals surface area contributed by atoms with Crippen LogP contribution in [0.2, 0.25) is 0 Å². The van der Waals surface area contributed by atoms with Gasteiger partial charge < -0.3 is 14.4 Å². The van der Waals surface area contributed by atoms with Crippen molar-refractivity contribution in [2.24, 2.45) is 0 Å². The van der Waals surface area contributed by atoms with Crippen LogP contribution >= 0.6 is 0 Å². The summed E-state index contributed by atoms with van der Waals surface area (Å²) in [6, 6.07) is 19.9. The average Bonchev–Trinajstić information content (AvgIpc) is 3.53. The molecule has 3 heterocycles. The first-order valence-electron chi connectivity index (χ1n) is 10.6. The van der Waals surface area contributed by atoms with Crippen molar-refractivity contribution in [3.8, 4) is 22.6 Å². The third-order valence-electron chi connectivity index (χ3n) is 5.52. The zero-order chi connectivity index (χ0) is 23.5. The lowest BCUT2D eigenvalue weighted by Crippen LogP contribution is -2.28. The van der Waals surface area contributed by atoms with E-state index < -0.39 is 6.04 Å². The summed E-state index contributed by atoms with van der Waals surface area (Å²) in [5, 5.41) is 4.10. The number of pyridine rings is 1. The SMILES string of the molecule is CONC1=CN(C(=O)c2ccc(-c3ccccc3)cc2)C(c2noc(-c3ccc(=O)[nH]c3)n2)C1. The number of carbonyl (C=O) groups is 1. The Kier molecular flexibility index (Phi) is 5.75. The summed E-state index contributed by atoms with van der Waals surface area (Å²) in [7, 11) is 1.51. The van der Waals surface area contributed by atoms with Crippen LogP contribution in [0.1, 0.15) is 28.6 Å². The van der Waals surface area contributed by atoms with Crippen molar-refractivity contribution >= 4 is 5.91 Å². The highest BCUT2D eigenvalue weighted by molar-refractivity contribution is 5.96. The van der Waals surface area contributed by atoms with Gasteiger partial charge in [-0.2, -0.15) is 4.98 Å². The fraction of sp³-hybridized carbons (Fsp3) is 0.120. The lowest BCUT2D eigenvalue weighted by atomic mass is 10.0. The van der Waals surface area contributed by atoms with Gasteiger partial charge in [-0.15, -0.1) is 0 Å². The van der Waals surface area contributed by atoms with Crippen LogP contribution in [0.4, 0.5) is 0 Å². The molecule has 1 unspecified atom stereocenters. The Morgan fingerprint density at radius 2 is 1.79 bits per heavy atom. The first-order valence-corrected chi connectivity index (χ1v) is 10.6. The van der Waals surface area contributed by atoms with Crippen molar-refractivity contribution in [3.63, 3.8) is 0 Å². The van der Waals surface area contributed by atoms with Crippen molar-refractivity contribution in [3.05, 3.63) is 107 Å². The molecule has 0 saturated heterocycles. The highest BCUT2D eigenvalue weighted by Crippen LogP contribution is 2.34. The van der Waals surface area contributed by atoms with Gasteiger partial charge in [-0.25, -0.2) is 0 Å². The monoisotopic (exact) mass is 455 g/mol. The third kappa shape index (κ3) is 4.24. The predicted molar refractivity (Wildman–Crippen MR) is 124 cm³/mol. The molecule has 2 N–H and O–H groups in total. The topological polar surface area (TPSA) is 113 Å². The average molecular weight is 455 g/mol. The Bertz CT molecular complexity index is 1370. The van der Waals surface area contributed by atoms with E-state index in [2.05, 4.69) is 20.6 Å². The number of rotatable bonds is 6. The second kappa shape index (κ2) is 9.16. The molecule has 0 radical (unpaired) electrons. The number of amides is 1. The van der Waals surface area contributed by atoms with Gasteiger partial charge in [-0.3, -0.25) is 19.9 Å². The van der Waals surface area contributed by atoms with Crippen molar-refractivity contribution < 1.29 is 14.2 Å². The molecule has 0 spiro atoms. The zero-order valence-corrected chi connectivity index (χ0v) is 18.3. The number of hydrogen-bond acceptors (Lipinski definition) is 7. The van der Waals surface area contributed by atoms with E-state index in [0.717, 1.165) is 11.1 Å². The fourth-order valence-electron chi connectivity index (χ4n) is 3.85. The van der Waals surface area contributed by atoms with E-state index in [1.165, 1.54) is 19.4 Å². The van der Waals surface area contributed by atoms with Gasteiger partial charge in [0.25, 0.3) is 11.8 Å². The highest BCUT2D eigenvalue weighted by Gasteiger charge is 2.35. The Balaban J connectivity index is 1.42. The summed E-state index contributed by atoms with van der Waals surface area (Å²) >= 11 is 0. The minimum atomic E-state index is -0.487. The van der Waals surface area contributed by atoms with Crippen LogP contribution in [0.5, 0.6) is 0 Å². The molecule has 0 fully saturated rings. The standard InChI is InChI=1S/C25H21N5O4/c1-33-28-20-13-21(23-27-24(34-29-23)19-11-12-22(31)26-14-19)30(15-20)25(32)18-9-7-17(8-10-18)16-5-3-2-4-6-16/h2-12,14-15,21,28H,13H2,1H3,(H,26,31). The summed E-state index contributed by atoms with van der Waals surface area (Å²) < 4.78 is 5.40. The van der Waals surface area contributed by atoms with E-state index in [-0.39, 0.29) is 17.4 Å². The first kappa shape index (κ1) is 21.4. The van der Waals surface area contributed by atoms with E-state index >= 15 is 0 Å². The Hall–Kier alpha value is -4.50. The van der Waals surface area contributed by atoms with Crippen molar-refractivity contribution in [1.29, 1.82) is 0 Å². The molecule has 0 saturated carbocycles. The molecule has 9 nitrogen and oxygen atoms in total. The second-order valence-corrected chi connectivity index (χ2v) is 7.74. The quantitative estimate of drug-likeness (QED) is 0.427. The van der Waals surface area contributed by atoms with Gasteiger partial charge in [0, 0.05) is 30.4 Å². The largest absolute Gasteiger partial charge is 0.334 e. The highest BCUT2D eigenvalue weighted by atomic mass is 16.6. The predicted octanol–water partition coefficient (Wildman–Crippen LogP) is 3.67. The summed E-state index contributed by atoms with van der Waals surface area (Å²) in [5.41, 5.74) is 6.49. The molecule has 4 aromatic rings. The molecule has 2 aromatic carbocycles. The lowest BCUT2D eigenvalue weighted by molar-refractivity contribution is 0.0777. The maximum atomic E-state index is 13.4. The van der Waals surface area contributed by atoms with Gasteiger partial charge in [0.15, 0.2) is 5.82 Å². The van der Waals surface area contributed by atoms with Gasteiger partial charge in [0.2, 0.25) is 5.56 Å². The van der Waals surface area contributed by atoms with Crippen LogP contribution < -0.4 is 11.0 Å². The molecular weight excluding hydrogens is 434 g/mol. The number of carbonyl (C=O) groups excluding carboxylic acids is 1. The molecule has 1 atom stereocenters. The Labute approximate surface area is 194 Å². The number of nitrogens with one attached hydrogen (secondary N) is 2. The smallest absolute Gasteiger partial charge is 0.259 e. The summed E-state index contributed by atoms with van der Waals surface area (Å²) in [6.45, 7) is 0. The number of benzene rings is 2. The second-order valence-electron chi connectivity index (χ2n) is 7.74.